The number of hydrogen-bond donors (Lipinski definition) is 2. The van der Waals surface area contributed by atoms with Crippen LogP contribution in [-0.4, -0.2) is 63.6 Å². The predicted molar refractivity (Wildman–Crippen MR) is 157 cm³/mol. The van der Waals surface area contributed by atoms with Crippen LogP contribution in [0, 0.1) is 35.5 Å². The molecule has 10 nitrogen and oxygen atoms in total. The van der Waals surface area contributed by atoms with Gasteiger partial charge in [0, 0.05) is 25.2 Å². The fourth-order valence-corrected chi connectivity index (χ4v) is 6.37. The fraction of sp³-hybridized carbons (Fsp3) is 0.750. The molecule has 0 aromatic rings. The highest BCUT2D eigenvalue weighted by atomic mass is 16.6. The molecule has 3 aliphatic rings. The van der Waals surface area contributed by atoms with E-state index in [2.05, 4.69) is 23.8 Å². The topological polar surface area (TPSA) is 129 Å². The van der Waals surface area contributed by atoms with Crippen LogP contribution in [0.15, 0.2) is 25.3 Å². The molecule has 0 aromatic heterocycles. The summed E-state index contributed by atoms with van der Waals surface area (Å²) in [5, 5.41) is 5.86. The van der Waals surface area contributed by atoms with E-state index in [-0.39, 0.29) is 24.1 Å². The smallest absolute Gasteiger partial charge is 0.407 e. The molecule has 0 radical (unpaired) electrons. The van der Waals surface area contributed by atoms with E-state index in [9.17, 15) is 19.2 Å². The van der Waals surface area contributed by atoms with Gasteiger partial charge in [0.15, 0.2) is 0 Å². The van der Waals surface area contributed by atoms with Crippen molar-refractivity contribution < 1.29 is 38.1 Å². The number of hydrogen-bond acceptors (Lipinski definition) is 8. The molecule has 0 spiro atoms. The van der Waals surface area contributed by atoms with Crippen LogP contribution >= 0.6 is 0 Å². The van der Waals surface area contributed by atoms with Crippen molar-refractivity contribution in [3.05, 3.63) is 25.3 Å². The van der Waals surface area contributed by atoms with E-state index in [1.807, 2.05) is 0 Å². The number of nitrogens with one attached hydrogen (secondary N) is 2. The van der Waals surface area contributed by atoms with Crippen LogP contribution in [0.1, 0.15) is 77.0 Å². The van der Waals surface area contributed by atoms with E-state index in [4.69, 9.17) is 18.9 Å². The van der Waals surface area contributed by atoms with E-state index >= 15 is 0 Å². The molecule has 0 aliphatic heterocycles. The Kier molecular flexibility index (Phi) is 14.7. The molecule has 3 aliphatic carbocycles. The number of esters is 2. The molecule has 0 bridgehead atoms. The van der Waals surface area contributed by atoms with Crippen LogP contribution in [0.3, 0.4) is 0 Å². The minimum absolute atomic E-state index is 0.343. The quantitative estimate of drug-likeness (QED) is 0.158. The molecule has 2 atom stereocenters. The average molecular weight is 591 g/mol. The Morgan fingerprint density at radius 3 is 1.19 bits per heavy atom. The first kappa shape index (κ1) is 33.5. The van der Waals surface area contributed by atoms with E-state index in [0.717, 1.165) is 77.0 Å². The van der Waals surface area contributed by atoms with Crippen molar-refractivity contribution >= 4 is 24.1 Å². The summed E-state index contributed by atoms with van der Waals surface area (Å²) >= 11 is 0. The third-order valence-electron chi connectivity index (χ3n) is 9.05. The maximum atomic E-state index is 12.3. The van der Waals surface area contributed by atoms with Crippen LogP contribution in [0.2, 0.25) is 0 Å². The fourth-order valence-electron chi connectivity index (χ4n) is 6.37. The van der Waals surface area contributed by atoms with Gasteiger partial charge in [0.05, 0.1) is 26.4 Å². The lowest BCUT2D eigenvalue weighted by Gasteiger charge is -2.30. The maximum Gasteiger partial charge on any atom is 0.407 e. The summed E-state index contributed by atoms with van der Waals surface area (Å²) in [7, 11) is 0. The zero-order chi connectivity index (χ0) is 30.2. The van der Waals surface area contributed by atoms with E-state index in [1.54, 1.807) is 0 Å². The summed E-state index contributed by atoms with van der Waals surface area (Å²) < 4.78 is 21.3. The summed E-state index contributed by atoms with van der Waals surface area (Å²) in [5.74, 6) is 1.38. The number of carbonyl (C=O) groups excluding carboxylic acids is 4. The molecule has 0 aromatic carbocycles. The first-order chi connectivity index (χ1) is 20.3. The van der Waals surface area contributed by atoms with E-state index in [0.29, 0.717) is 75.0 Å². The Bertz CT molecular complexity index is 823. The van der Waals surface area contributed by atoms with Gasteiger partial charge < -0.3 is 29.6 Å². The van der Waals surface area contributed by atoms with Crippen molar-refractivity contribution in [3.8, 4) is 0 Å². The van der Waals surface area contributed by atoms with Crippen LogP contribution < -0.4 is 10.6 Å². The summed E-state index contributed by atoms with van der Waals surface area (Å²) in [5.41, 5.74) is 0. The second-order valence-corrected chi connectivity index (χ2v) is 12.3. The minimum atomic E-state index is -0.381. The van der Waals surface area contributed by atoms with Gasteiger partial charge in [-0.05, 0) is 106 Å². The summed E-state index contributed by atoms with van der Waals surface area (Å²) in [6.07, 6.45) is 13.4. The molecule has 0 saturated heterocycles. The van der Waals surface area contributed by atoms with Crippen molar-refractivity contribution in [3.63, 3.8) is 0 Å². The van der Waals surface area contributed by atoms with E-state index in [1.165, 1.54) is 12.2 Å². The number of carbonyl (C=O) groups is 4. The van der Waals surface area contributed by atoms with Gasteiger partial charge in [-0.25, -0.2) is 19.2 Å². The number of rotatable bonds is 14. The molecule has 3 fully saturated rings. The lowest BCUT2D eigenvalue weighted by atomic mass is 9.81. The van der Waals surface area contributed by atoms with Crippen LogP contribution in [0.4, 0.5) is 9.59 Å². The van der Waals surface area contributed by atoms with Crippen LogP contribution in [0.5, 0.6) is 0 Å². The second-order valence-electron chi connectivity index (χ2n) is 12.3. The van der Waals surface area contributed by atoms with Gasteiger partial charge in [0.1, 0.15) is 0 Å². The largest absolute Gasteiger partial charge is 0.462 e. The Labute approximate surface area is 250 Å². The first-order valence-corrected chi connectivity index (χ1v) is 15.7. The van der Waals surface area contributed by atoms with Crippen molar-refractivity contribution in [2.45, 2.75) is 77.0 Å². The third-order valence-corrected chi connectivity index (χ3v) is 9.05. The Balaban J connectivity index is 1.20. The normalized spacial score (nSPS) is 27.5. The Morgan fingerprint density at radius 1 is 0.524 bits per heavy atom. The molecule has 2 amide bonds. The van der Waals surface area contributed by atoms with Gasteiger partial charge in [-0.3, -0.25) is 0 Å². The van der Waals surface area contributed by atoms with E-state index < -0.39 is 0 Å². The van der Waals surface area contributed by atoms with Gasteiger partial charge in [-0.15, -0.1) is 0 Å². The van der Waals surface area contributed by atoms with Gasteiger partial charge in [0.25, 0.3) is 0 Å². The monoisotopic (exact) mass is 590 g/mol. The zero-order valence-corrected chi connectivity index (χ0v) is 25.0. The van der Waals surface area contributed by atoms with Crippen molar-refractivity contribution in [2.24, 2.45) is 35.5 Å². The number of alkyl carbamates (subject to hydrolysis) is 2. The van der Waals surface area contributed by atoms with Crippen molar-refractivity contribution in [1.82, 2.24) is 10.6 Å². The molecular formula is C32H50N2O8. The minimum Gasteiger partial charge on any atom is -0.462 e. The highest BCUT2D eigenvalue weighted by Gasteiger charge is 2.26. The first-order valence-electron chi connectivity index (χ1n) is 15.7. The van der Waals surface area contributed by atoms with Gasteiger partial charge in [0.2, 0.25) is 0 Å². The number of amides is 2. The second kappa shape index (κ2) is 18.5. The lowest BCUT2D eigenvalue weighted by Crippen LogP contribution is -2.37. The average Bonchev–Trinajstić information content (AvgIpc) is 3.03. The summed E-state index contributed by atoms with van der Waals surface area (Å²) in [4.78, 5) is 47.0. The molecule has 236 valence electrons. The molecule has 3 rings (SSSR count). The Morgan fingerprint density at radius 2 is 0.857 bits per heavy atom. The van der Waals surface area contributed by atoms with Gasteiger partial charge in [-0.1, -0.05) is 19.6 Å². The van der Waals surface area contributed by atoms with Gasteiger partial charge >= 0.3 is 24.1 Å². The summed E-state index contributed by atoms with van der Waals surface area (Å²) in [6, 6.07) is 0. The SMILES string of the molecule is C=CC(=O)OCC1CCC(COC(=O)NCC2CCCC(CNC(=O)OCC3CCC(COC(=O)C=C)CC3)C2)CC1. The van der Waals surface area contributed by atoms with Crippen molar-refractivity contribution in [1.29, 1.82) is 0 Å². The molecule has 42 heavy (non-hydrogen) atoms. The molecule has 2 N–H and O–H groups in total. The van der Waals surface area contributed by atoms with Crippen molar-refractivity contribution in [2.75, 3.05) is 39.5 Å². The molecule has 3 saturated carbocycles. The molecule has 0 heterocycles. The van der Waals surface area contributed by atoms with Crippen LogP contribution in [-0.2, 0) is 28.5 Å². The third kappa shape index (κ3) is 12.9. The highest BCUT2D eigenvalue weighted by Crippen LogP contribution is 2.31. The standard InChI is InChI=1S/C32H50N2O8/c1-3-29(35)39-19-23-8-12-25(13-9-23)21-41-31(37)33-17-27-6-5-7-28(16-27)18-34-32(38)42-22-26-14-10-24(11-15-26)20-40-30(36)4-2/h3-4,23-28H,1-2,5-22H2,(H,33,37)(H,34,38). The lowest BCUT2D eigenvalue weighted by molar-refractivity contribution is -0.140. The maximum absolute atomic E-state index is 12.3. The zero-order valence-electron chi connectivity index (χ0n) is 25.0. The molecule has 10 heteroatoms. The Hall–Kier alpha value is -3.04. The van der Waals surface area contributed by atoms with Crippen LogP contribution in [0.25, 0.3) is 0 Å². The molecular weight excluding hydrogens is 540 g/mol. The predicted octanol–water partition coefficient (Wildman–Crippen LogP) is 5.32. The molecule has 2 unspecified atom stereocenters. The van der Waals surface area contributed by atoms with Gasteiger partial charge in [-0.2, -0.15) is 0 Å². The summed E-state index contributed by atoms with van der Waals surface area (Å²) in [6.45, 7) is 9.67. The highest BCUT2D eigenvalue weighted by molar-refractivity contribution is 5.81. The number of ether oxygens (including phenoxy) is 4.